The Morgan fingerprint density at radius 1 is 1.91 bits per heavy atom. The zero-order valence-corrected chi connectivity index (χ0v) is 5.69. The first-order valence-corrected chi connectivity index (χ1v) is 3.28. The first kappa shape index (κ1) is 6.21. The molecule has 0 radical (unpaired) electrons. The van der Waals surface area contributed by atoms with Crippen molar-refractivity contribution in [1.82, 2.24) is 9.78 Å². The summed E-state index contributed by atoms with van der Waals surface area (Å²) in [6.07, 6.45) is 1.64. The van der Waals surface area contributed by atoms with Gasteiger partial charge in [0.1, 0.15) is 11.9 Å². The van der Waals surface area contributed by atoms with Crippen LogP contribution in [0.5, 0.6) is 0 Å². The van der Waals surface area contributed by atoms with E-state index in [1.54, 1.807) is 16.9 Å². The monoisotopic (exact) mass is 153 g/mol. The van der Waals surface area contributed by atoms with Gasteiger partial charge in [0.2, 0.25) is 0 Å². The van der Waals surface area contributed by atoms with Gasteiger partial charge in [-0.25, -0.2) is 9.48 Å². The third-order valence-corrected chi connectivity index (χ3v) is 1.69. The molecular weight excluding hydrogens is 146 g/mol. The Morgan fingerprint density at radius 3 is 3.36 bits per heavy atom. The van der Waals surface area contributed by atoms with Gasteiger partial charge in [-0.1, -0.05) is 0 Å². The second-order valence-corrected chi connectivity index (χ2v) is 2.43. The number of aliphatic carboxylic acids is 1. The molecule has 1 unspecified atom stereocenters. The van der Waals surface area contributed by atoms with Gasteiger partial charge in [-0.3, -0.25) is 0 Å². The van der Waals surface area contributed by atoms with Crippen molar-refractivity contribution >= 4 is 11.8 Å². The van der Waals surface area contributed by atoms with Crippen LogP contribution in [0.25, 0.3) is 0 Å². The summed E-state index contributed by atoms with van der Waals surface area (Å²) in [5.41, 5.74) is 0. The summed E-state index contributed by atoms with van der Waals surface area (Å²) < 4.78 is 1.64. The molecule has 0 amide bonds. The van der Waals surface area contributed by atoms with E-state index in [1.165, 1.54) is 0 Å². The fourth-order valence-corrected chi connectivity index (χ4v) is 1.14. The number of carboxylic acid groups (broad SMARTS) is 1. The van der Waals surface area contributed by atoms with E-state index < -0.39 is 12.0 Å². The molecule has 0 spiro atoms. The zero-order valence-electron chi connectivity index (χ0n) is 5.69. The number of fused-ring (bicyclic) bond motifs is 1. The molecule has 1 aliphatic rings. The third-order valence-electron chi connectivity index (χ3n) is 1.69. The van der Waals surface area contributed by atoms with Crippen LogP contribution in [-0.4, -0.2) is 26.9 Å². The molecule has 1 aromatic heterocycles. The molecule has 2 N–H and O–H groups in total. The highest BCUT2D eigenvalue weighted by molar-refractivity contribution is 5.78. The first-order valence-electron chi connectivity index (χ1n) is 3.28. The van der Waals surface area contributed by atoms with Crippen LogP contribution < -0.4 is 5.32 Å². The number of rotatable bonds is 1. The molecule has 5 heteroatoms. The molecule has 0 fully saturated rings. The molecule has 1 aromatic rings. The molecule has 0 aromatic carbocycles. The van der Waals surface area contributed by atoms with Crippen molar-refractivity contribution in [3.63, 3.8) is 0 Å². The molecule has 58 valence electrons. The average Bonchev–Trinajstić information content (AvgIpc) is 2.40. The van der Waals surface area contributed by atoms with Crippen molar-refractivity contribution in [3.8, 4) is 0 Å². The van der Waals surface area contributed by atoms with E-state index in [0.29, 0.717) is 6.54 Å². The van der Waals surface area contributed by atoms with Gasteiger partial charge < -0.3 is 10.4 Å². The van der Waals surface area contributed by atoms with E-state index in [4.69, 9.17) is 5.11 Å². The van der Waals surface area contributed by atoms with Crippen LogP contribution in [0.4, 0.5) is 5.82 Å². The zero-order chi connectivity index (χ0) is 7.84. The van der Waals surface area contributed by atoms with Gasteiger partial charge in [-0.2, -0.15) is 5.10 Å². The quantitative estimate of drug-likeness (QED) is 0.584. The number of nitrogens with zero attached hydrogens (tertiary/aromatic N) is 2. The second kappa shape index (κ2) is 1.98. The number of carbonyl (C=O) groups is 1. The van der Waals surface area contributed by atoms with Crippen LogP contribution >= 0.6 is 0 Å². The van der Waals surface area contributed by atoms with E-state index in [9.17, 15) is 4.79 Å². The molecule has 0 saturated heterocycles. The maximum Gasteiger partial charge on any atom is 0.328 e. The lowest BCUT2D eigenvalue weighted by Gasteiger charge is -2.01. The Bertz CT molecular complexity index is 273. The highest BCUT2D eigenvalue weighted by Crippen LogP contribution is 2.16. The standard InChI is InChI=1S/C6H7N3O2/c10-6(11)4-3-9-5(8-4)1-2-7-9/h1-2,4,8H,3H2,(H,10,11). The molecule has 5 nitrogen and oxygen atoms in total. The molecule has 0 aliphatic carbocycles. The number of hydrogen-bond acceptors (Lipinski definition) is 3. The second-order valence-electron chi connectivity index (χ2n) is 2.43. The summed E-state index contributed by atoms with van der Waals surface area (Å²) in [7, 11) is 0. The van der Waals surface area contributed by atoms with Gasteiger partial charge in [-0.15, -0.1) is 0 Å². The van der Waals surface area contributed by atoms with Crippen molar-refractivity contribution in [2.45, 2.75) is 12.6 Å². The minimum absolute atomic E-state index is 0.414. The normalized spacial score (nSPS) is 20.9. The van der Waals surface area contributed by atoms with Crippen molar-refractivity contribution in [2.24, 2.45) is 0 Å². The Balaban J connectivity index is 2.22. The highest BCUT2D eigenvalue weighted by atomic mass is 16.4. The van der Waals surface area contributed by atoms with Gasteiger partial charge in [0.15, 0.2) is 0 Å². The Morgan fingerprint density at radius 2 is 2.73 bits per heavy atom. The molecule has 11 heavy (non-hydrogen) atoms. The highest BCUT2D eigenvalue weighted by Gasteiger charge is 2.25. The van der Waals surface area contributed by atoms with Crippen molar-refractivity contribution in [1.29, 1.82) is 0 Å². The lowest BCUT2D eigenvalue weighted by molar-refractivity contribution is -0.138. The Hall–Kier alpha value is -1.52. The predicted octanol–water partition coefficient (Wildman–Crippen LogP) is -0.238. The van der Waals surface area contributed by atoms with Crippen LogP contribution in [0.15, 0.2) is 12.3 Å². The molecule has 2 rings (SSSR count). The van der Waals surface area contributed by atoms with Crippen molar-refractivity contribution < 1.29 is 9.90 Å². The summed E-state index contributed by atoms with van der Waals surface area (Å²) >= 11 is 0. The van der Waals surface area contributed by atoms with Gasteiger partial charge in [-0.05, 0) is 0 Å². The summed E-state index contributed by atoms with van der Waals surface area (Å²) in [4.78, 5) is 10.5. The van der Waals surface area contributed by atoms with E-state index in [1.807, 2.05) is 0 Å². The fraction of sp³-hybridized carbons (Fsp3) is 0.333. The summed E-state index contributed by atoms with van der Waals surface area (Å²) in [6, 6.07) is 1.24. The smallest absolute Gasteiger partial charge is 0.328 e. The van der Waals surface area contributed by atoms with Gasteiger partial charge >= 0.3 is 5.97 Å². The Kier molecular flexibility index (Phi) is 1.12. The number of nitrogens with one attached hydrogen (secondary N) is 1. The van der Waals surface area contributed by atoms with Crippen molar-refractivity contribution in [2.75, 3.05) is 5.32 Å². The minimum atomic E-state index is -0.837. The summed E-state index contributed by atoms with van der Waals surface area (Å²) in [5, 5.41) is 15.3. The summed E-state index contributed by atoms with van der Waals surface area (Å²) in [5.74, 6) is -0.0621. The van der Waals surface area contributed by atoms with E-state index in [2.05, 4.69) is 10.4 Å². The SMILES string of the molecule is O=C(O)C1Cn2nccc2N1. The largest absolute Gasteiger partial charge is 0.480 e. The molecular formula is C6H7N3O2. The molecule has 0 bridgehead atoms. The van der Waals surface area contributed by atoms with E-state index in [0.717, 1.165) is 5.82 Å². The molecule has 1 aliphatic heterocycles. The lowest BCUT2D eigenvalue weighted by Crippen LogP contribution is -2.27. The van der Waals surface area contributed by atoms with Crippen LogP contribution in [0, 0.1) is 0 Å². The lowest BCUT2D eigenvalue weighted by atomic mass is 10.3. The molecule has 1 atom stereocenters. The van der Waals surface area contributed by atoms with Gasteiger partial charge in [0, 0.05) is 6.07 Å². The minimum Gasteiger partial charge on any atom is -0.480 e. The molecule has 2 heterocycles. The predicted molar refractivity (Wildman–Crippen MR) is 37.3 cm³/mol. The van der Waals surface area contributed by atoms with Crippen LogP contribution in [0.2, 0.25) is 0 Å². The molecule has 0 saturated carbocycles. The number of anilines is 1. The topological polar surface area (TPSA) is 67.1 Å². The third kappa shape index (κ3) is 0.849. The van der Waals surface area contributed by atoms with Gasteiger partial charge in [0.25, 0.3) is 0 Å². The average molecular weight is 153 g/mol. The van der Waals surface area contributed by atoms with Crippen LogP contribution in [0.3, 0.4) is 0 Å². The fourth-order valence-electron chi connectivity index (χ4n) is 1.14. The van der Waals surface area contributed by atoms with Crippen LogP contribution in [-0.2, 0) is 11.3 Å². The number of carboxylic acids is 1. The maximum absolute atomic E-state index is 10.5. The Labute approximate surface area is 62.6 Å². The first-order chi connectivity index (χ1) is 5.27. The van der Waals surface area contributed by atoms with Crippen LogP contribution in [0.1, 0.15) is 0 Å². The van der Waals surface area contributed by atoms with Crippen molar-refractivity contribution in [3.05, 3.63) is 12.3 Å². The number of aromatic nitrogens is 2. The number of hydrogen-bond donors (Lipinski definition) is 2. The van der Waals surface area contributed by atoms with Gasteiger partial charge in [0.05, 0.1) is 12.7 Å². The van der Waals surface area contributed by atoms with E-state index in [-0.39, 0.29) is 0 Å². The van der Waals surface area contributed by atoms with E-state index >= 15 is 0 Å². The maximum atomic E-state index is 10.5. The summed E-state index contributed by atoms with van der Waals surface area (Å²) in [6.45, 7) is 0.414.